The molecule has 0 fully saturated rings. The van der Waals surface area contributed by atoms with Gasteiger partial charge >= 0.3 is 0 Å². The van der Waals surface area contributed by atoms with Crippen molar-refractivity contribution in [3.63, 3.8) is 0 Å². The average Bonchev–Trinajstić information content (AvgIpc) is 3.28. The number of nitrogens with two attached hydrogens (primary N) is 1. The minimum Gasteiger partial charge on any atom is -0.383 e. The summed E-state index contributed by atoms with van der Waals surface area (Å²) in [5, 5.41) is 3.47. The van der Waals surface area contributed by atoms with E-state index in [1.807, 2.05) is 30.0 Å². The van der Waals surface area contributed by atoms with Crippen molar-refractivity contribution in [2.45, 2.75) is 27.8 Å². The molecule has 1 aliphatic heterocycles. The van der Waals surface area contributed by atoms with Crippen LogP contribution in [0.25, 0.3) is 10.2 Å². The number of nitrogen functional groups attached to an aromatic ring is 1. The second-order valence-electron chi connectivity index (χ2n) is 8.54. The van der Waals surface area contributed by atoms with Gasteiger partial charge in [-0.1, -0.05) is 102 Å². The molecule has 2 atom stereocenters. The first-order valence-corrected chi connectivity index (χ1v) is 15.0. The second kappa shape index (κ2) is 10.3. The van der Waals surface area contributed by atoms with Gasteiger partial charge in [-0.05, 0) is 40.8 Å². The average molecular weight is 567 g/mol. The van der Waals surface area contributed by atoms with Crippen molar-refractivity contribution in [1.82, 2.24) is 9.97 Å². The first-order chi connectivity index (χ1) is 17.6. The fourth-order valence-corrected chi connectivity index (χ4v) is 9.22. The smallest absolute Gasteiger partial charge is 0.191 e. The lowest BCUT2D eigenvalue weighted by molar-refractivity contribution is 0.893. The highest BCUT2D eigenvalue weighted by atomic mass is 35.5. The Hall–Kier alpha value is -2.22. The van der Waals surface area contributed by atoms with E-state index in [0.29, 0.717) is 32.0 Å². The Morgan fingerprint density at radius 3 is 2.22 bits per heavy atom. The lowest BCUT2D eigenvalue weighted by atomic mass is 9.98. The van der Waals surface area contributed by atoms with E-state index in [2.05, 4.69) is 60.7 Å². The number of anilines is 1. The van der Waals surface area contributed by atoms with Crippen LogP contribution in [0.15, 0.2) is 84.0 Å². The van der Waals surface area contributed by atoms with Crippen LogP contribution in [0.3, 0.4) is 0 Å². The molecule has 180 valence electrons. The topological polar surface area (TPSA) is 51.8 Å². The zero-order valence-corrected chi connectivity index (χ0v) is 23.0. The standard InChI is InChI=1S/C28H21Cl2N3S3/c29-20-12-7-13-21(30)19(20)15-34-28-32-26(31)23-18-14-22(16-8-3-1-4-9-16)35-24(17-10-5-2-6-11-17)25(18)36-27(23)33-28/h1-13,22,24H,14-15H2,(H2,31,32,33). The van der Waals surface area contributed by atoms with Crippen molar-refractivity contribution in [3.05, 3.63) is 116 Å². The summed E-state index contributed by atoms with van der Waals surface area (Å²) in [6.45, 7) is 0. The molecular formula is C28H21Cl2N3S3. The summed E-state index contributed by atoms with van der Waals surface area (Å²) in [6, 6.07) is 27.0. The molecular weight excluding hydrogens is 545 g/mol. The molecule has 0 aliphatic carbocycles. The Kier molecular flexibility index (Phi) is 6.88. The number of rotatable bonds is 5. The number of benzene rings is 3. The third-order valence-corrected chi connectivity index (χ3v) is 10.8. The van der Waals surface area contributed by atoms with Gasteiger partial charge in [0.25, 0.3) is 0 Å². The van der Waals surface area contributed by atoms with Crippen LogP contribution in [-0.2, 0) is 12.2 Å². The zero-order chi connectivity index (χ0) is 24.6. The Labute approximate surface area is 232 Å². The molecule has 0 bridgehead atoms. The van der Waals surface area contributed by atoms with Crippen LogP contribution in [0.5, 0.6) is 0 Å². The molecule has 0 spiro atoms. The maximum absolute atomic E-state index is 6.61. The molecule has 1 aliphatic rings. The van der Waals surface area contributed by atoms with E-state index in [4.69, 9.17) is 38.9 Å². The van der Waals surface area contributed by atoms with Crippen molar-refractivity contribution in [2.24, 2.45) is 0 Å². The monoisotopic (exact) mass is 565 g/mol. The summed E-state index contributed by atoms with van der Waals surface area (Å²) in [5.74, 6) is 1.11. The van der Waals surface area contributed by atoms with E-state index >= 15 is 0 Å². The molecule has 5 aromatic rings. The van der Waals surface area contributed by atoms with Crippen molar-refractivity contribution in [2.75, 3.05) is 5.73 Å². The molecule has 3 heterocycles. The van der Waals surface area contributed by atoms with Gasteiger partial charge in [-0.15, -0.1) is 23.1 Å². The summed E-state index contributed by atoms with van der Waals surface area (Å²) < 4.78 is 0. The fraction of sp³-hybridized carbons (Fsp3) is 0.143. The quantitative estimate of drug-likeness (QED) is 0.170. The highest BCUT2D eigenvalue weighted by Crippen LogP contribution is 2.56. The predicted octanol–water partition coefficient (Wildman–Crippen LogP) is 8.99. The summed E-state index contributed by atoms with van der Waals surface area (Å²) >= 11 is 18.0. The molecule has 0 radical (unpaired) electrons. The van der Waals surface area contributed by atoms with Crippen LogP contribution in [0.2, 0.25) is 10.0 Å². The summed E-state index contributed by atoms with van der Waals surface area (Å²) in [7, 11) is 0. The van der Waals surface area contributed by atoms with Crippen LogP contribution in [0.4, 0.5) is 5.82 Å². The lowest BCUT2D eigenvalue weighted by Crippen LogP contribution is -2.12. The van der Waals surface area contributed by atoms with E-state index in [-0.39, 0.29) is 5.25 Å². The van der Waals surface area contributed by atoms with Gasteiger partial charge in [0, 0.05) is 25.9 Å². The van der Waals surface area contributed by atoms with Gasteiger partial charge in [0.15, 0.2) is 5.16 Å². The first kappa shape index (κ1) is 24.1. The number of thioether (sulfide) groups is 2. The van der Waals surface area contributed by atoms with E-state index in [1.165, 1.54) is 33.3 Å². The highest BCUT2D eigenvalue weighted by molar-refractivity contribution is 8.00. The largest absolute Gasteiger partial charge is 0.383 e. The number of hydrogen-bond acceptors (Lipinski definition) is 6. The number of nitrogens with zero attached hydrogens (tertiary/aromatic N) is 2. The maximum Gasteiger partial charge on any atom is 0.191 e. The van der Waals surface area contributed by atoms with Crippen LogP contribution in [0, 0.1) is 0 Å². The SMILES string of the molecule is Nc1nc(SCc2c(Cl)cccc2Cl)nc2sc3c(c12)CC(c1ccccc1)SC3c1ccccc1. The van der Waals surface area contributed by atoms with Gasteiger partial charge in [0.2, 0.25) is 0 Å². The number of thiophene rings is 1. The molecule has 2 unspecified atom stereocenters. The number of hydrogen-bond donors (Lipinski definition) is 1. The number of aromatic nitrogens is 2. The number of fused-ring (bicyclic) bond motifs is 3. The van der Waals surface area contributed by atoms with Gasteiger partial charge in [-0.25, -0.2) is 9.97 Å². The molecule has 0 saturated carbocycles. The summed E-state index contributed by atoms with van der Waals surface area (Å²) in [6.07, 6.45) is 0.905. The van der Waals surface area contributed by atoms with E-state index in [9.17, 15) is 0 Å². The molecule has 3 aromatic carbocycles. The van der Waals surface area contributed by atoms with Gasteiger partial charge in [0.1, 0.15) is 10.6 Å². The van der Waals surface area contributed by atoms with Crippen molar-refractivity contribution in [1.29, 1.82) is 0 Å². The molecule has 2 aromatic heterocycles. The van der Waals surface area contributed by atoms with Gasteiger partial charge in [-0.2, -0.15) is 0 Å². The second-order valence-corrected chi connectivity index (χ2v) is 12.6. The van der Waals surface area contributed by atoms with Crippen LogP contribution in [-0.4, -0.2) is 9.97 Å². The predicted molar refractivity (Wildman–Crippen MR) is 157 cm³/mol. The number of halogens is 2. The molecule has 8 heteroatoms. The van der Waals surface area contributed by atoms with Gasteiger partial charge in [0.05, 0.1) is 10.6 Å². The van der Waals surface area contributed by atoms with Gasteiger partial charge in [-0.3, -0.25) is 0 Å². The fourth-order valence-electron chi connectivity index (χ4n) is 4.55. The lowest BCUT2D eigenvalue weighted by Gasteiger charge is -2.30. The Bertz CT molecular complexity index is 1520. The Morgan fingerprint density at radius 2 is 1.53 bits per heavy atom. The van der Waals surface area contributed by atoms with Crippen LogP contribution in [0.1, 0.15) is 37.6 Å². The van der Waals surface area contributed by atoms with Crippen molar-refractivity contribution in [3.8, 4) is 0 Å². The zero-order valence-electron chi connectivity index (χ0n) is 19.0. The Morgan fingerprint density at radius 1 is 0.861 bits per heavy atom. The third-order valence-electron chi connectivity index (χ3n) is 6.30. The molecule has 6 rings (SSSR count). The normalized spacial score (nSPS) is 17.3. The third kappa shape index (κ3) is 4.61. The molecule has 36 heavy (non-hydrogen) atoms. The molecule has 0 saturated heterocycles. The van der Waals surface area contributed by atoms with Crippen molar-refractivity contribution < 1.29 is 0 Å². The summed E-state index contributed by atoms with van der Waals surface area (Å²) in [4.78, 5) is 11.9. The van der Waals surface area contributed by atoms with Gasteiger partial charge < -0.3 is 5.73 Å². The van der Waals surface area contributed by atoms with E-state index < -0.39 is 0 Å². The molecule has 2 N–H and O–H groups in total. The van der Waals surface area contributed by atoms with Crippen LogP contribution < -0.4 is 5.73 Å². The minimum atomic E-state index is 0.219. The van der Waals surface area contributed by atoms with E-state index in [0.717, 1.165) is 22.2 Å². The summed E-state index contributed by atoms with van der Waals surface area (Å²) in [5.41, 5.74) is 11.4. The van der Waals surface area contributed by atoms with Crippen molar-refractivity contribution >= 4 is 74.1 Å². The molecule has 0 amide bonds. The highest BCUT2D eigenvalue weighted by Gasteiger charge is 2.34. The maximum atomic E-state index is 6.61. The Balaban J connectivity index is 1.41. The molecule has 3 nitrogen and oxygen atoms in total. The first-order valence-electron chi connectivity index (χ1n) is 11.5. The minimum absolute atomic E-state index is 0.219. The van der Waals surface area contributed by atoms with Crippen LogP contribution >= 0.6 is 58.1 Å². The van der Waals surface area contributed by atoms with E-state index in [1.54, 1.807) is 11.3 Å².